The Morgan fingerprint density at radius 1 is 1.20 bits per heavy atom. The van der Waals surface area contributed by atoms with Crippen molar-refractivity contribution in [2.45, 2.75) is 46.7 Å². The molecule has 1 atom stereocenters. The van der Waals surface area contributed by atoms with Crippen LogP contribution < -0.4 is 10.6 Å². The summed E-state index contributed by atoms with van der Waals surface area (Å²) in [6, 6.07) is 11.7. The van der Waals surface area contributed by atoms with Crippen LogP contribution in [0, 0.1) is 23.2 Å². The Kier molecular flexibility index (Phi) is 10.8. The number of benzene rings is 2. The lowest BCUT2D eigenvalue weighted by Crippen LogP contribution is -2.60. The van der Waals surface area contributed by atoms with Crippen LogP contribution in [-0.2, 0) is 17.8 Å². The van der Waals surface area contributed by atoms with Gasteiger partial charge in [0.25, 0.3) is 5.97 Å². The summed E-state index contributed by atoms with van der Waals surface area (Å²) in [6.45, 7) is 11.8. The number of carboxylic acids is 1. The zero-order valence-corrected chi connectivity index (χ0v) is 23.5. The van der Waals surface area contributed by atoms with E-state index in [1.165, 1.54) is 23.3 Å². The highest BCUT2D eigenvalue weighted by molar-refractivity contribution is 5.90. The first-order valence-electron chi connectivity index (χ1n) is 13.5. The van der Waals surface area contributed by atoms with E-state index in [0.717, 1.165) is 38.7 Å². The largest absolute Gasteiger partial charge is 0.481 e. The Bertz CT molecular complexity index is 1260. The van der Waals surface area contributed by atoms with E-state index in [0.29, 0.717) is 31.3 Å². The van der Waals surface area contributed by atoms with Crippen molar-refractivity contribution in [1.29, 1.82) is 5.26 Å². The van der Waals surface area contributed by atoms with Gasteiger partial charge in [0.1, 0.15) is 5.82 Å². The average Bonchev–Trinajstić information content (AvgIpc) is 2.92. The Balaban J connectivity index is 0.00000103. The van der Waals surface area contributed by atoms with Crippen LogP contribution in [-0.4, -0.2) is 76.5 Å². The molecule has 0 radical (unpaired) electrons. The number of nitrogens with one attached hydrogen (secondary N) is 2. The van der Waals surface area contributed by atoms with Gasteiger partial charge in [-0.1, -0.05) is 39.0 Å². The van der Waals surface area contributed by atoms with Crippen LogP contribution in [0.2, 0.25) is 0 Å². The van der Waals surface area contributed by atoms with Gasteiger partial charge in [0.05, 0.1) is 11.7 Å². The zero-order chi connectivity index (χ0) is 29.2. The molecule has 2 aliphatic heterocycles. The van der Waals surface area contributed by atoms with Gasteiger partial charge in [0, 0.05) is 45.3 Å². The van der Waals surface area contributed by atoms with Crippen molar-refractivity contribution in [1.82, 2.24) is 20.0 Å². The van der Waals surface area contributed by atoms with Gasteiger partial charge in [-0.2, -0.15) is 5.26 Å². The van der Waals surface area contributed by atoms with Crippen molar-refractivity contribution in [2.24, 2.45) is 10.9 Å². The van der Waals surface area contributed by atoms with Gasteiger partial charge in [-0.15, -0.1) is 0 Å². The number of urea groups is 1. The molecule has 214 valence electrons. The number of piperazine rings is 1. The number of nitrogens with zero attached hydrogens (tertiary/aromatic N) is 5. The summed E-state index contributed by atoms with van der Waals surface area (Å²) in [4.78, 5) is 33.1. The predicted molar refractivity (Wildman–Crippen MR) is 153 cm³/mol. The number of anilines is 1. The van der Waals surface area contributed by atoms with Crippen LogP contribution in [0.1, 0.15) is 38.8 Å². The molecule has 2 amide bonds. The quantitative estimate of drug-likeness (QED) is 0.225. The third kappa shape index (κ3) is 8.16. The maximum atomic E-state index is 13.5. The van der Waals surface area contributed by atoms with Crippen LogP contribution >= 0.6 is 0 Å². The first-order valence-corrected chi connectivity index (χ1v) is 13.5. The third-order valence-corrected chi connectivity index (χ3v) is 6.98. The van der Waals surface area contributed by atoms with Crippen molar-refractivity contribution in [3.8, 4) is 6.19 Å². The first-order chi connectivity index (χ1) is 19.1. The summed E-state index contributed by atoms with van der Waals surface area (Å²) in [5, 5.41) is 22.5. The van der Waals surface area contributed by atoms with E-state index >= 15 is 0 Å². The Hall–Kier alpha value is -4.17. The van der Waals surface area contributed by atoms with E-state index in [-0.39, 0.29) is 18.0 Å². The van der Waals surface area contributed by atoms with Gasteiger partial charge in [-0.3, -0.25) is 15.0 Å². The molecule has 4 rings (SSSR count). The maximum absolute atomic E-state index is 13.5. The van der Waals surface area contributed by atoms with Gasteiger partial charge < -0.3 is 20.2 Å². The van der Waals surface area contributed by atoms with Crippen molar-refractivity contribution < 1.29 is 19.1 Å². The van der Waals surface area contributed by atoms with Crippen LogP contribution in [0.15, 0.2) is 47.5 Å². The molecular weight excluding hydrogens is 513 g/mol. The Morgan fingerprint density at radius 2 is 1.93 bits per heavy atom. The molecular formula is C29H38FN7O3. The fourth-order valence-corrected chi connectivity index (χ4v) is 4.95. The molecule has 1 unspecified atom stereocenters. The molecule has 0 saturated carbocycles. The van der Waals surface area contributed by atoms with E-state index in [2.05, 4.69) is 53.5 Å². The van der Waals surface area contributed by atoms with Gasteiger partial charge in [-0.05, 0) is 54.3 Å². The van der Waals surface area contributed by atoms with Crippen molar-refractivity contribution in [3.63, 3.8) is 0 Å². The maximum Gasteiger partial charge on any atom is 0.321 e. The van der Waals surface area contributed by atoms with E-state index < -0.39 is 11.8 Å². The van der Waals surface area contributed by atoms with E-state index in [1.807, 2.05) is 12.1 Å². The van der Waals surface area contributed by atoms with Crippen LogP contribution in [0.5, 0.6) is 0 Å². The highest BCUT2D eigenvalue weighted by atomic mass is 19.1. The minimum Gasteiger partial charge on any atom is -0.481 e. The summed E-state index contributed by atoms with van der Waals surface area (Å²) in [6.07, 6.45) is 2.97. The molecule has 3 N–H and O–H groups in total. The Labute approximate surface area is 235 Å². The molecule has 2 heterocycles. The smallest absolute Gasteiger partial charge is 0.321 e. The summed E-state index contributed by atoms with van der Waals surface area (Å²) in [5.41, 5.74) is 3.82. The molecule has 0 spiro atoms. The molecule has 2 aromatic rings. The predicted octanol–water partition coefficient (Wildman–Crippen LogP) is 4.23. The fraction of sp³-hybridized carbons (Fsp3) is 0.448. The molecule has 1 saturated heterocycles. The second-order valence-corrected chi connectivity index (χ2v) is 10.1. The monoisotopic (exact) mass is 551 g/mol. The Morgan fingerprint density at radius 3 is 2.58 bits per heavy atom. The standard InChI is InChI=1S/C27H34FN7O.C2H4O2/c1-4-33-12-11-23-20(16-33)7-5-10-24(23)32-26(30-18-29)35-14-13-34(17-25(35)19(2)3)27(36)31-22-9-6-8-21(28)15-22;1-2(3)4/h5-10,15,19,25H,4,11-14,16-17H2,1-3H3,(H,30,32)(H,31,36);1H3,(H,3,4). The van der Waals surface area contributed by atoms with Gasteiger partial charge in [0.15, 0.2) is 6.19 Å². The van der Waals surface area contributed by atoms with Crippen LogP contribution in [0.4, 0.5) is 20.6 Å². The highest BCUT2D eigenvalue weighted by Gasteiger charge is 2.34. The van der Waals surface area contributed by atoms with Crippen LogP contribution in [0.25, 0.3) is 0 Å². The van der Waals surface area contributed by atoms with E-state index in [4.69, 9.17) is 14.9 Å². The third-order valence-electron chi connectivity index (χ3n) is 6.98. The molecule has 11 heteroatoms. The number of carbonyl (C=O) groups excluding carboxylic acids is 1. The second-order valence-electron chi connectivity index (χ2n) is 10.1. The lowest BCUT2D eigenvalue weighted by Gasteiger charge is -2.44. The number of carboxylic acid groups (broad SMARTS) is 1. The number of hydrogen-bond donors (Lipinski definition) is 3. The van der Waals surface area contributed by atoms with Gasteiger partial charge >= 0.3 is 6.03 Å². The molecule has 40 heavy (non-hydrogen) atoms. The topological polar surface area (TPSA) is 124 Å². The number of aliphatic imine (C=N–C) groups is 1. The number of amides is 2. The lowest BCUT2D eigenvalue weighted by atomic mass is 9.98. The number of rotatable bonds is 4. The number of halogens is 1. The summed E-state index contributed by atoms with van der Waals surface area (Å²) >= 11 is 0. The number of hydrogen-bond acceptors (Lipinski definition) is 5. The number of fused-ring (bicyclic) bond motifs is 1. The number of carbonyl (C=O) groups is 2. The van der Waals surface area contributed by atoms with Gasteiger partial charge in [0.2, 0.25) is 5.96 Å². The minimum absolute atomic E-state index is 0.0493. The molecule has 1 fully saturated rings. The average molecular weight is 552 g/mol. The fourth-order valence-electron chi connectivity index (χ4n) is 4.95. The van der Waals surface area contributed by atoms with Crippen LogP contribution in [0.3, 0.4) is 0 Å². The molecule has 10 nitrogen and oxygen atoms in total. The summed E-state index contributed by atoms with van der Waals surface area (Å²) in [5.74, 6) is -0.525. The number of likely N-dealkylation sites (N-methyl/N-ethyl adjacent to an activating group) is 1. The number of guanidine groups is 1. The minimum atomic E-state index is -0.833. The normalized spacial score (nSPS) is 17.3. The molecule has 2 aromatic carbocycles. The summed E-state index contributed by atoms with van der Waals surface area (Å²) < 4.78 is 13.5. The molecule has 0 aliphatic carbocycles. The summed E-state index contributed by atoms with van der Waals surface area (Å²) in [7, 11) is 0. The number of nitriles is 1. The molecule has 0 aromatic heterocycles. The van der Waals surface area contributed by atoms with E-state index in [1.54, 1.807) is 17.0 Å². The second kappa shape index (κ2) is 14.3. The van der Waals surface area contributed by atoms with E-state index in [9.17, 15) is 14.4 Å². The van der Waals surface area contributed by atoms with Crippen molar-refractivity contribution in [3.05, 3.63) is 59.4 Å². The highest BCUT2D eigenvalue weighted by Crippen LogP contribution is 2.29. The lowest BCUT2D eigenvalue weighted by molar-refractivity contribution is -0.134. The SMILES string of the molecule is CC(=O)O.CCN1CCc2c(cccc2N=C(NC#N)N2CCN(C(=O)Nc3cccc(F)c3)CC2C(C)C)C1. The first kappa shape index (κ1) is 30.4. The zero-order valence-electron chi connectivity index (χ0n) is 23.5. The van der Waals surface area contributed by atoms with Crippen molar-refractivity contribution >= 4 is 29.3 Å². The van der Waals surface area contributed by atoms with Crippen molar-refractivity contribution in [2.75, 3.05) is 38.0 Å². The number of aliphatic carboxylic acids is 1. The molecule has 0 bridgehead atoms. The van der Waals surface area contributed by atoms with Gasteiger partial charge in [-0.25, -0.2) is 14.2 Å². The molecule has 2 aliphatic rings.